The molecule has 2 heteroatoms. The Hall–Kier alpha value is -0.600. The van der Waals surface area contributed by atoms with Crippen LogP contribution in [0, 0.1) is 6.92 Å². The van der Waals surface area contributed by atoms with Crippen molar-refractivity contribution < 1.29 is 0 Å². The van der Waals surface area contributed by atoms with Crippen LogP contribution < -0.4 is 5.32 Å². The summed E-state index contributed by atoms with van der Waals surface area (Å²) >= 11 is 3.49. The van der Waals surface area contributed by atoms with Crippen molar-refractivity contribution in [1.29, 1.82) is 0 Å². The molecule has 16 heavy (non-hydrogen) atoms. The Kier molecular flexibility index (Phi) is 5.23. The average molecular weight is 282 g/mol. The summed E-state index contributed by atoms with van der Waals surface area (Å²) in [5.74, 6) is 0. The summed E-state index contributed by atoms with van der Waals surface area (Å²) in [6, 6.07) is 6.68. The Morgan fingerprint density at radius 3 is 2.69 bits per heavy atom. The van der Waals surface area contributed by atoms with E-state index >= 15 is 0 Å². The minimum atomic E-state index is 0.271. The van der Waals surface area contributed by atoms with E-state index in [-0.39, 0.29) is 6.04 Å². The Morgan fingerprint density at radius 1 is 1.50 bits per heavy atom. The zero-order valence-corrected chi connectivity index (χ0v) is 11.9. The lowest BCUT2D eigenvalue weighted by Gasteiger charge is -2.21. The molecule has 0 heterocycles. The van der Waals surface area contributed by atoms with Crippen molar-refractivity contribution in [2.45, 2.75) is 33.2 Å². The number of hydrogen-bond acceptors (Lipinski definition) is 1. The second-order valence-electron chi connectivity index (χ2n) is 4.23. The Bertz CT molecular complexity index is 371. The van der Waals surface area contributed by atoms with Gasteiger partial charge in [0.15, 0.2) is 0 Å². The van der Waals surface area contributed by atoms with E-state index in [0.29, 0.717) is 0 Å². The fourth-order valence-electron chi connectivity index (χ4n) is 1.80. The van der Waals surface area contributed by atoms with Crippen LogP contribution >= 0.6 is 15.9 Å². The first-order chi connectivity index (χ1) is 7.56. The minimum absolute atomic E-state index is 0.271. The van der Waals surface area contributed by atoms with Crippen LogP contribution in [0.1, 0.15) is 37.4 Å². The fourth-order valence-corrected chi connectivity index (χ4v) is 2.28. The lowest BCUT2D eigenvalue weighted by atomic mass is 9.96. The minimum Gasteiger partial charge on any atom is -0.307 e. The molecule has 1 nitrogen and oxygen atoms in total. The molecule has 0 bridgehead atoms. The summed E-state index contributed by atoms with van der Waals surface area (Å²) in [7, 11) is 0. The third-order valence-electron chi connectivity index (χ3n) is 2.63. The van der Waals surface area contributed by atoms with E-state index in [1.807, 2.05) is 0 Å². The summed E-state index contributed by atoms with van der Waals surface area (Å²) in [6.45, 7) is 11.5. The van der Waals surface area contributed by atoms with Crippen LogP contribution in [-0.4, -0.2) is 6.54 Å². The Labute approximate surface area is 107 Å². The second kappa shape index (κ2) is 6.21. The lowest BCUT2D eigenvalue weighted by Crippen LogP contribution is -2.23. The predicted molar refractivity (Wildman–Crippen MR) is 74.7 cm³/mol. The summed E-state index contributed by atoms with van der Waals surface area (Å²) in [4.78, 5) is 0. The van der Waals surface area contributed by atoms with Crippen LogP contribution in [0.5, 0.6) is 0 Å². The van der Waals surface area contributed by atoms with Crippen molar-refractivity contribution >= 4 is 15.9 Å². The molecule has 1 rings (SSSR count). The van der Waals surface area contributed by atoms with Crippen molar-refractivity contribution in [3.63, 3.8) is 0 Å². The van der Waals surface area contributed by atoms with E-state index in [1.165, 1.54) is 16.7 Å². The van der Waals surface area contributed by atoms with Crippen molar-refractivity contribution in [3.8, 4) is 0 Å². The summed E-state index contributed by atoms with van der Waals surface area (Å²) in [5, 5.41) is 3.53. The molecule has 88 valence electrons. The predicted octanol–water partition coefficient (Wildman–Crippen LogP) is 4.37. The van der Waals surface area contributed by atoms with Crippen LogP contribution in [0.4, 0.5) is 0 Å². The smallest absolute Gasteiger partial charge is 0.0533 e. The molecule has 0 aliphatic heterocycles. The Balaban J connectivity index is 2.96. The fraction of sp³-hybridized carbons (Fsp3) is 0.429. The number of benzene rings is 1. The van der Waals surface area contributed by atoms with Gasteiger partial charge in [0.05, 0.1) is 6.04 Å². The van der Waals surface area contributed by atoms with Gasteiger partial charge < -0.3 is 5.32 Å². The molecule has 0 aliphatic carbocycles. The Morgan fingerprint density at radius 2 is 2.19 bits per heavy atom. The molecule has 1 unspecified atom stereocenters. The maximum absolute atomic E-state index is 4.07. The van der Waals surface area contributed by atoms with E-state index in [4.69, 9.17) is 0 Å². The third kappa shape index (κ3) is 3.46. The largest absolute Gasteiger partial charge is 0.307 e. The van der Waals surface area contributed by atoms with Crippen molar-refractivity contribution in [2.24, 2.45) is 0 Å². The highest BCUT2D eigenvalue weighted by atomic mass is 79.9. The monoisotopic (exact) mass is 281 g/mol. The first kappa shape index (κ1) is 13.5. The van der Waals surface area contributed by atoms with E-state index in [1.54, 1.807) is 0 Å². The van der Waals surface area contributed by atoms with E-state index < -0.39 is 0 Å². The zero-order chi connectivity index (χ0) is 12.1. The zero-order valence-electron chi connectivity index (χ0n) is 10.3. The highest BCUT2D eigenvalue weighted by Gasteiger charge is 2.13. The van der Waals surface area contributed by atoms with E-state index in [2.05, 4.69) is 66.8 Å². The highest BCUT2D eigenvalue weighted by Crippen LogP contribution is 2.25. The third-order valence-corrected chi connectivity index (χ3v) is 3.13. The summed E-state index contributed by atoms with van der Waals surface area (Å²) < 4.78 is 1.13. The molecule has 1 N–H and O–H groups in total. The van der Waals surface area contributed by atoms with Gasteiger partial charge in [0.1, 0.15) is 0 Å². The molecule has 1 aromatic rings. The molecule has 0 spiro atoms. The first-order valence-corrected chi connectivity index (χ1v) is 6.50. The topological polar surface area (TPSA) is 12.0 Å². The van der Waals surface area contributed by atoms with Gasteiger partial charge >= 0.3 is 0 Å². The second-order valence-corrected chi connectivity index (χ2v) is 5.15. The average Bonchev–Trinajstić information content (AvgIpc) is 2.20. The van der Waals surface area contributed by atoms with E-state index in [0.717, 1.165) is 17.4 Å². The molecule has 0 aromatic heterocycles. The van der Waals surface area contributed by atoms with Gasteiger partial charge in [-0.05, 0) is 50.1 Å². The van der Waals surface area contributed by atoms with E-state index in [9.17, 15) is 0 Å². The molecule has 0 aliphatic rings. The quantitative estimate of drug-likeness (QED) is 0.790. The van der Waals surface area contributed by atoms with Crippen LogP contribution in [0.15, 0.2) is 34.8 Å². The molecule has 0 saturated heterocycles. The lowest BCUT2D eigenvalue weighted by molar-refractivity contribution is 0.589. The molecule has 1 aromatic carbocycles. The summed E-state index contributed by atoms with van der Waals surface area (Å²) in [5.41, 5.74) is 3.79. The molecule has 0 fully saturated rings. The van der Waals surface area contributed by atoms with Crippen molar-refractivity contribution in [2.75, 3.05) is 6.54 Å². The van der Waals surface area contributed by atoms with Crippen LogP contribution in [0.3, 0.4) is 0 Å². The highest BCUT2D eigenvalue weighted by molar-refractivity contribution is 9.10. The van der Waals surface area contributed by atoms with Crippen LogP contribution in [0.25, 0.3) is 0 Å². The number of hydrogen-bond donors (Lipinski definition) is 1. The number of halogens is 1. The van der Waals surface area contributed by atoms with Crippen molar-refractivity contribution in [1.82, 2.24) is 5.32 Å². The van der Waals surface area contributed by atoms with Gasteiger partial charge in [0.25, 0.3) is 0 Å². The van der Waals surface area contributed by atoms with Crippen LogP contribution in [-0.2, 0) is 0 Å². The standard InChI is InChI=1S/C14H20BrN/c1-5-8-16-14(10(2)3)13-7-6-12(15)9-11(13)4/h6-7,9,14,16H,2,5,8H2,1,3-4H3. The van der Waals surface area contributed by atoms with Gasteiger partial charge in [-0.25, -0.2) is 0 Å². The van der Waals surface area contributed by atoms with Crippen LogP contribution in [0.2, 0.25) is 0 Å². The molecule has 0 radical (unpaired) electrons. The number of nitrogens with one attached hydrogen (secondary N) is 1. The van der Waals surface area contributed by atoms with Crippen molar-refractivity contribution in [3.05, 3.63) is 46.0 Å². The van der Waals surface area contributed by atoms with Gasteiger partial charge in [0, 0.05) is 4.47 Å². The maximum atomic E-state index is 4.07. The maximum Gasteiger partial charge on any atom is 0.0533 e. The molecular formula is C14H20BrN. The number of rotatable bonds is 5. The normalized spacial score (nSPS) is 12.5. The SMILES string of the molecule is C=C(C)C(NCCC)c1ccc(Br)cc1C. The van der Waals surface area contributed by atoms with Gasteiger partial charge in [-0.15, -0.1) is 0 Å². The van der Waals surface area contributed by atoms with Gasteiger partial charge in [-0.2, -0.15) is 0 Å². The summed E-state index contributed by atoms with van der Waals surface area (Å²) in [6.07, 6.45) is 1.14. The first-order valence-electron chi connectivity index (χ1n) is 5.71. The molecule has 1 atom stereocenters. The molecule has 0 amide bonds. The molecule has 0 saturated carbocycles. The molecular weight excluding hydrogens is 262 g/mol. The van der Waals surface area contributed by atoms with Gasteiger partial charge in [-0.1, -0.05) is 41.1 Å². The van der Waals surface area contributed by atoms with Gasteiger partial charge in [0.2, 0.25) is 0 Å². The number of aryl methyl sites for hydroxylation is 1. The van der Waals surface area contributed by atoms with Gasteiger partial charge in [-0.3, -0.25) is 0 Å².